The molecule has 2 rings (SSSR count). The van der Waals surface area contributed by atoms with Gasteiger partial charge in [0.05, 0.1) is 0 Å². The Morgan fingerprint density at radius 3 is 2.80 bits per heavy atom. The Bertz CT molecular complexity index is 430. The molecular formula is C16H23ClN2O. The van der Waals surface area contributed by atoms with Crippen LogP contribution in [0.1, 0.15) is 48.9 Å². The largest absolute Gasteiger partial charge is 0.385 e. The van der Waals surface area contributed by atoms with Gasteiger partial charge in [-0.3, -0.25) is 4.79 Å². The van der Waals surface area contributed by atoms with Gasteiger partial charge in [0.15, 0.2) is 5.78 Å². The maximum atomic E-state index is 11.9. The van der Waals surface area contributed by atoms with Crippen molar-refractivity contribution in [2.24, 2.45) is 5.92 Å². The molecule has 20 heavy (non-hydrogen) atoms. The van der Waals surface area contributed by atoms with Crippen LogP contribution in [0.2, 0.25) is 0 Å². The summed E-state index contributed by atoms with van der Waals surface area (Å²) in [4.78, 5) is 14.4. The molecule has 110 valence electrons. The van der Waals surface area contributed by atoms with Gasteiger partial charge in [-0.05, 0) is 42.7 Å². The molecule has 1 aliphatic rings. The first-order valence-corrected chi connectivity index (χ1v) is 7.88. The third-order valence-electron chi connectivity index (χ3n) is 3.95. The number of rotatable bonds is 7. The van der Waals surface area contributed by atoms with E-state index in [0.29, 0.717) is 13.0 Å². The van der Waals surface area contributed by atoms with Gasteiger partial charge in [0.2, 0.25) is 0 Å². The lowest BCUT2D eigenvalue weighted by molar-refractivity contribution is 0.0984. The van der Waals surface area contributed by atoms with E-state index >= 15 is 0 Å². The number of carbonyl (C=O) groups is 1. The van der Waals surface area contributed by atoms with Gasteiger partial charge in [-0.1, -0.05) is 31.4 Å². The van der Waals surface area contributed by atoms with Crippen LogP contribution in [0.25, 0.3) is 0 Å². The highest BCUT2D eigenvalue weighted by Crippen LogP contribution is 2.24. The van der Waals surface area contributed by atoms with Crippen molar-refractivity contribution in [1.29, 1.82) is 0 Å². The summed E-state index contributed by atoms with van der Waals surface area (Å²) in [6.07, 6.45) is 7.18. The van der Waals surface area contributed by atoms with Crippen LogP contribution in [0.4, 0.5) is 5.69 Å². The molecule has 0 aromatic heterocycles. The Balaban J connectivity index is 1.86. The van der Waals surface area contributed by atoms with Gasteiger partial charge in [-0.2, -0.15) is 0 Å². The van der Waals surface area contributed by atoms with Crippen LogP contribution in [0, 0.1) is 5.92 Å². The van der Waals surface area contributed by atoms with E-state index in [2.05, 4.69) is 10.2 Å². The highest BCUT2D eigenvalue weighted by molar-refractivity contribution is 6.13. The monoisotopic (exact) mass is 294 g/mol. The van der Waals surface area contributed by atoms with Gasteiger partial charge in [0.25, 0.3) is 0 Å². The molecule has 0 bridgehead atoms. The zero-order chi connectivity index (χ0) is 14.2. The maximum Gasteiger partial charge on any atom is 0.164 e. The zero-order valence-electron chi connectivity index (χ0n) is 11.8. The molecular weight excluding hydrogens is 272 g/mol. The number of anilines is 1. The molecule has 1 aliphatic carbocycles. The molecule has 1 aromatic rings. The standard InChI is InChI=1S/C16H23ClN2O/c17-19-10-9-16(20)14-7-4-8-15(11-14)18-12-13-5-2-1-3-6-13/h4,7-8,11,13,18-19H,1-3,5-6,9-10,12H2. The van der Waals surface area contributed by atoms with Crippen molar-refractivity contribution >= 4 is 23.2 Å². The number of nitrogens with one attached hydrogen (secondary N) is 2. The minimum absolute atomic E-state index is 0.125. The molecule has 0 saturated heterocycles. The Kier molecular flexibility index (Phi) is 6.34. The molecule has 2 N–H and O–H groups in total. The smallest absolute Gasteiger partial charge is 0.164 e. The van der Waals surface area contributed by atoms with Gasteiger partial charge in [-0.25, -0.2) is 4.84 Å². The quantitative estimate of drug-likeness (QED) is 0.590. The van der Waals surface area contributed by atoms with Crippen LogP contribution >= 0.6 is 11.8 Å². The maximum absolute atomic E-state index is 11.9. The molecule has 0 unspecified atom stereocenters. The van der Waals surface area contributed by atoms with E-state index in [1.807, 2.05) is 24.3 Å². The minimum atomic E-state index is 0.125. The Morgan fingerprint density at radius 1 is 1.25 bits per heavy atom. The third kappa shape index (κ3) is 4.80. The second kappa shape index (κ2) is 8.28. The van der Waals surface area contributed by atoms with E-state index in [4.69, 9.17) is 11.8 Å². The first-order valence-electron chi connectivity index (χ1n) is 7.50. The fourth-order valence-electron chi connectivity index (χ4n) is 2.76. The van der Waals surface area contributed by atoms with Crippen LogP contribution in [0.3, 0.4) is 0 Å². The molecule has 1 saturated carbocycles. The highest BCUT2D eigenvalue weighted by Gasteiger charge is 2.13. The predicted molar refractivity (Wildman–Crippen MR) is 84.3 cm³/mol. The van der Waals surface area contributed by atoms with Crippen LogP contribution < -0.4 is 10.2 Å². The van der Waals surface area contributed by atoms with E-state index in [1.54, 1.807) is 0 Å². The number of ketones is 1. The fraction of sp³-hybridized carbons (Fsp3) is 0.562. The van der Waals surface area contributed by atoms with Gasteiger partial charge < -0.3 is 5.32 Å². The first kappa shape index (κ1) is 15.3. The average Bonchev–Trinajstić information content (AvgIpc) is 2.52. The fourth-order valence-corrected chi connectivity index (χ4v) is 2.86. The summed E-state index contributed by atoms with van der Waals surface area (Å²) in [7, 11) is 0. The van der Waals surface area contributed by atoms with E-state index in [-0.39, 0.29) is 5.78 Å². The highest BCUT2D eigenvalue weighted by atomic mass is 35.5. The summed E-state index contributed by atoms with van der Waals surface area (Å²) in [5.74, 6) is 0.906. The summed E-state index contributed by atoms with van der Waals surface area (Å²) in [5, 5.41) is 3.47. The van der Waals surface area contributed by atoms with Gasteiger partial charge >= 0.3 is 0 Å². The number of hydrogen-bond acceptors (Lipinski definition) is 3. The Labute approximate surface area is 126 Å². The molecule has 1 aromatic carbocycles. The molecule has 1 fully saturated rings. The third-order valence-corrected chi connectivity index (χ3v) is 4.14. The van der Waals surface area contributed by atoms with Crippen molar-refractivity contribution in [3.05, 3.63) is 29.8 Å². The Hall–Kier alpha value is -1.06. The van der Waals surface area contributed by atoms with Gasteiger partial charge in [-0.15, -0.1) is 0 Å². The van der Waals surface area contributed by atoms with Crippen LogP contribution in [0.5, 0.6) is 0 Å². The van der Waals surface area contributed by atoms with Crippen molar-refractivity contribution < 1.29 is 4.79 Å². The first-order chi connectivity index (χ1) is 9.79. The number of Topliss-reactive ketones (excluding diaryl/α,β-unsaturated/α-hetero) is 1. The molecule has 4 heteroatoms. The van der Waals surface area contributed by atoms with Crippen molar-refractivity contribution in [3.8, 4) is 0 Å². The van der Waals surface area contributed by atoms with Crippen molar-refractivity contribution in [2.75, 3.05) is 18.4 Å². The minimum Gasteiger partial charge on any atom is -0.385 e. The summed E-state index contributed by atoms with van der Waals surface area (Å²) in [6.45, 7) is 1.51. The van der Waals surface area contributed by atoms with Crippen LogP contribution in [-0.4, -0.2) is 18.9 Å². The normalized spacial score (nSPS) is 16.1. The van der Waals surface area contributed by atoms with E-state index in [9.17, 15) is 4.79 Å². The second-order valence-corrected chi connectivity index (χ2v) is 5.79. The molecule has 0 spiro atoms. The van der Waals surface area contributed by atoms with E-state index < -0.39 is 0 Å². The number of benzene rings is 1. The van der Waals surface area contributed by atoms with Gasteiger partial charge in [0, 0.05) is 30.8 Å². The number of halogens is 1. The van der Waals surface area contributed by atoms with Crippen molar-refractivity contribution in [3.63, 3.8) is 0 Å². The lowest BCUT2D eigenvalue weighted by Gasteiger charge is -2.22. The van der Waals surface area contributed by atoms with Crippen molar-refractivity contribution in [2.45, 2.75) is 38.5 Å². The summed E-state index contributed by atoms with van der Waals surface area (Å²) >= 11 is 5.39. The second-order valence-electron chi connectivity index (χ2n) is 5.52. The lowest BCUT2D eigenvalue weighted by atomic mass is 9.89. The van der Waals surface area contributed by atoms with Crippen molar-refractivity contribution in [1.82, 2.24) is 4.84 Å². The zero-order valence-corrected chi connectivity index (χ0v) is 12.6. The number of hydrogen-bond donors (Lipinski definition) is 2. The average molecular weight is 295 g/mol. The molecule has 3 nitrogen and oxygen atoms in total. The number of carbonyl (C=O) groups excluding carboxylic acids is 1. The molecule has 0 aliphatic heterocycles. The summed E-state index contributed by atoms with van der Waals surface area (Å²) < 4.78 is 0. The Morgan fingerprint density at radius 2 is 2.05 bits per heavy atom. The summed E-state index contributed by atoms with van der Waals surface area (Å²) in [5.41, 5.74) is 1.80. The lowest BCUT2D eigenvalue weighted by Crippen LogP contribution is -2.17. The van der Waals surface area contributed by atoms with E-state index in [1.165, 1.54) is 32.1 Å². The topological polar surface area (TPSA) is 41.1 Å². The molecule has 0 heterocycles. The van der Waals surface area contributed by atoms with Crippen LogP contribution in [0.15, 0.2) is 24.3 Å². The van der Waals surface area contributed by atoms with E-state index in [0.717, 1.165) is 23.7 Å². The predicted octanol–water partition coefficient (Wildman–Crippen LogP) is 4.00. The molecule has 0 atom stereocenters. The molecule has 0 amide bonds. The SMILES string of the molecule is O=C(CCNCl)c1cccc(NCC2CCCCC2)c1. The molecule has 0 radical (unpaired) electrons. The van der Waals surface area contributed by atoms with Crippen LogP contribution in [-0.2, 0) is 0 Å². The summed E-state index contributed by atoms with van der Waals surface area (Å²) in [6, 6.07) is 7.77. The van der Waals surface area contributed by atoms with Gasteiger partial charge in [0.1, 0.15) is 0 Å².